The molecule has 0 fully saturated rings. The molecular formula is C28H38N2O5. The first-order valence-electron chi connectivity index (χ1n) is 12.5. The molecule has 190 valence electrons. The lowest BCUT2D eigenvalue weighted by Crippen LogP contribution is -2.35. The maximum absolute atomic E-state index is 12.7. The fourth-order valence-electron chi connectivity index (χ4n) is 5.06. The third kappa shape index (κ3) is 7.04. The zero-order chi connectivity index (χ0) is 25.5. The molecule has 35 heavy (non-hydrogen) atoms. The van der Waals surface area contributed by atoms with Crippen molar-refractivity contribution in [3.8, 4) is 0 Å². The number of allylic oxidation sites excluding steroid dienone is 3. The summed E-state index contributed by atoms with van der Waals surface area (Å²) in [7, 11) is 1.87. The van der Waals surface area contributed by atoms with Crippen molar-refractivity contribution in [2.75, 3.05) is 6.61 Å². The summed E-state index contributed by atoms with van der Waals surface area (Å²) in [6.07, 6.45) is 14.6. The highest BCUT2D eigenvalue weighted by Crippen LogP contribution is 2.43. The van der Waals surface area contributed by atoms with Gasteiger partial charge in [-0.05, 0) is 56.4 Å². The molecule has 0 saturated carbocycles. The van der Waals surface area contributed by atoms with Gasteiger partial charge in [0.1, 0.15) is 12.2 Å². The zero-order valence-electron chi connectivity index (χ0n) is 21.4. The van der Waals surface area contributed by atoms with Crippen molar-refractivity contribution in [2.24, 2.45) is 30.7 Å². The van der Waals surface area contributed by atoms with E-state index in [9.17, 15) is 14.7 Å². The van der Waals surface area contributed by atoms with Crippen molar-refractivity contribution in [3.05, 3.63) is 59.7 Å². The predicted molar refractivity (Wildman–Crippen MR) is 135 cm³/mol. The monoisotopic (exact) mass is 482 g/mol. The molecular weight excluding hydrogens is 444 g/mol. The molecule has 0 saturated heterocycles. The Morgan fingerprint density at radius 2 is 2.09 bits per heavy atom. The van der Waals surface area contributed by atoms with E-state index in [1.807, 2.05) is 23.9 Å². The van der Waals surface area contributed by atoms with E-state index in [0.29, 0.717) is 30.4 Å². The molecule has 1 heterocycles. The number of fused-ring (bicyclic) bond motifs is 1. The van der Waals surface area contributed by atoms with Crippen molar-refractivity contribution in [1.29, 1.82) is 0 Å². The number of ether oxygens (including phenoxy) is 2. The van der Waals surface area contributed by atoms with Gasteiger partial charge in [-0.2, -0.15) is 0 Å². The molecule has 2 aliphatic rings. The van der Waals surface area contributed by atoms with Crippen LogP contribution in [0.15, 0.2) is 54.1 Å². The Bertz CT molecular complexity index is 1020. The average molecular weight is 483 g/mol. The van der Waals surface area contributed by atoms with Gasteiger partial charge in [0.2, 0.25) is 0 Å². The number of aryl methyl sites for hydroxylation is 1. The molecule has 0 aliphatic heterocycles. The fraction of sp³-hybridized carbons (Fsp3) is 0.536. The minimum atomic E-state index is -1.08. The lowest BCUT2D eigenvalue weighted by molar-refractivity contribution is -0.143. The van der Waals surface area contributed by atoms with Crippen LogP contribution in [0, 0.1) is 23.7 Å². The minimum Gasteiger partial charge on any atom is -0.463 e. The van der Waals surface area contributed by atoms with Gasteiger partial charge >= 0.3 is 11.9 Å². The van der Waals surface area contributed by atoms with Crippen LogP contribution in [-0.2, 0) is 26.1 Å². The molecule has 3 rings (SSSR count). The van der Waals surface area contributed by atoms with E-state index in [-0.39, 0.29) is 30.1 Å². The normalized spacial score (nSPS) is 29.6. The summed E-state index contributed by atoms with van der Waals surface area (Å²) in [6.45, 7) is 8.48. The van der Waals surface area contributed by atoms with Gasteiger partial charge in [0, 0.05) is 25.7 Å². The molecule has 0 radical (unpaired) electrons. The molecule has 1 aromatic heterocycles. The molecule has 0 bridgehead atoms. The first kappa shape index (κ1) is 26.7. The number of carbonyl (C=O) groups is 2. The van der Waals surface area contributed by atoms with E-state index in [4.69, 9.17) is 9.47 Å². The van der Waals surface area contributed by atoms with E-state index >= 15 is 0 Å². The predicted octanol–water partition coefficient (Wildman–Crippen LogP) is 4.40. The molecule has 7 nitrogen and oxygen atoms in total. The molecule has 5 atom stereocenters. The number of carbonyl (C=O) groups excluding carboxylic acids is 2. The van der Waals surface area contributed by atoms with Gasteiger partial charge in [-0.3, -0.25) is 0 Å². The fourth-order valence-corrected chi connectivity index (χ4v) is 5.06. The molecule has 0 spiro atoms. The van der Waals surface area contributed by atoms with Gasteiger partial charge in [0.05, 0.1) is 24.2 Å². The number of aliphatic hydroxyl groups excluding tert-OH is 1. The van der Waals surface area contributed by atoms with Gasteiger partial charge in [-0.1, -0.05) is 43.7 Å². The van der Waals surface area contributed by atoms with Crippen LogP contribution < -0.4 is 0 Å². The second-order valence-corrected chi connectivity index (χ2v) is 9.82. The highest BCUT2D eigenvalue weighted by molar-refractivity contribution is 5.90. The van der Waals surface area contributed by atoms with Gasteiger partial charge in [-0.25, -0.2) is 14.6 Å². The topological polar surface area (TPSA) is 90.7 Å². The van der Waals surface area contributed by atoms with E-state index < -0.39 is 18.0 Å². The number of esters is 2. The number of nitrogens with zero attached hydrogens (tertiary/aromatic N) is 2. The number of aromatic nitrogens is 2. The van der Waals surface area contributed by atoms with Gasteiger partial charge in [0.15, 0.2) is 0 Å². The lowest BCUT2D eigenvalue weighted by Gasteiger charge is -2.40. The van der Waals surface area contributed by atoms with Crippen LogP contribution >= 0.6 is 0 Å². The third-order valence-corrected chi connectivity index (χ3v) is 6.95. The lowest BCUT2D eigenvalue weighted by atomic mass is 9.65. The molecule has 2 aliphatic carbocycles. The van der Waals surface area contributed by atoms with Crippen molar-refractivity contribution < 1.29 is 24.2 Å². The molecule has 1 N–H and O–H groups in total. The summed E-state index contributed by atoms with van der Waals surface area (Å²) >= 11 is 0. The van der Waals surface area contributed by atoms with Crippen molar-refractivity contribution in [3.63, 3.8) is 0 Å². The van der Waals surface area contributed by atoms with Crippen molar-refractivity contribution in [2.45, 2.75) is 59.2 Å². The van der Waals surface area contributed by atoms with Crippen molar-refractivity contribution in [1.82, 2.24) is 9.55 Å². The maximum Gasteiger partial charge on any atom is 0.336 e. The summed E-state index contributed by atoms with van der Waals surface area (Å²) in [5.74, 6) is -0.138. The molecule has 1 aromatic rings. The number of hydrogen-bond acceptors (Lipinski definition) is 6. The highest BCUT2D eigenvalue weighted by atomic mass is 16.5. The van der Waals surface area contributed by atoms with Crippen molar-refractivity contribution >= 4 is 18.0 Å². The largest absolute Gasteiger partial charge is 0.463 e. The van der Waals surface area contributed by atoms with E-state index in [1.54, 1.807) is 31.5 Å². The van der Waals surface area contributed by atoms with Gasteiger partial charge in [-0.15, -0.1) is 0 Å². The number of aliphatic hydroxyl groups is 1. The molecule has 5 unspecified atom stereocenters. The van der Waals surface area contributed by atoms with Crippen LogP contribution in [0.3, 0.4) is 0 Å². The third-order valence-electron chi connectivity index (χ3n) is 6.95. The number of hydrogen-bond donors (Lipinski definition) is 1. The Hall–Kier alpha value is -2.93. The number of rotatable bonds is 6. The van der Waals surface area contributed by atoms with E-state index in [1.165, 1.54) is 11.6 Å². The molecule has 0 amide bonds. The summed E-state index contributed by atoms with van der Waals surface area (Å²) in [5, 5.41) is 10.9. The summed E-state index contributed by atoms with van der Waals surface area (Å²) in [6, 6.07) is 0. The Kier molecular flexibility index (Phi) is 9.26. The summed E-state index contributed by atoms with van der Waals surface area (Å²) < 4.78 is 12.9. The van der Waals surface area contributed by atoms with Crippen LogP contribution in [0.4, 0.5) is 0 Å². The second kappa shape index (κ2) is 12.2. The SMILES string of the molecule is CCOC(=O)/C1=C/C2C(CC(OC(=O)C=Cc3cn(C)cn3)C/C=C\C1O)C(C)=CCC2C(C)C. The second-order valence-electron chi connectivity index (χ2n) is 9.82. The standard InChI is InChI=1S/C28H38N2O5/c1-6-34-28(33)25-15-24-22(18(2)3)12-10-19(4)23(24)14-21(8-7-9-26(25)31)35-27(32)13-11-20-16-30(5)17-29-20/h7,9-11,13,15-18,21-24,26,31H,6,8,12,14H2,1-5H3/b9-7-,13-11?,25-15+. The molecule has 7 heteroatoms. The minimum absolute atomic E-state index is 0.0193. The van der Waals surface area contributed by atoms with Gasteiger partial charge < -0.3 is 19.1 Å². The Morgan fingerprint density at radius 1 is 1.31 bits per heavy atom. The van der Waals surface area contributed by atoms with Crippen LogP contribution in [0.1, 0.15) is 52.7 Å². The van der Waals surface area contributed by atoms with Gasteiger partial charge in [0.25, 0.3) is 0 Å². The van der Waals surface area contributed by atoms with Crippen LogP contribution in [0.25, 0.3) is 6.08 Å². The van der Waals surface area contributed by atoms with E-state index in [2.05, 4.69) is 31.8 Å². The first-order valence-corrected chi connectivity index (χ1v) is 12.5. The van der Waals surface area contributed by atoms with Crippen LogP contribution in [0.2, 0.25) is 0 Å². The highest BCUT2D eigenvalue weighted by Gasteiger charge is 2.37. The number of imidazole rings is 1. The quantitative estimate of drug-likeness (QED) is 0.367. The Labute approximate surface area is 208 Å². The zero-order valence-corrected chi connectivity index (χ0v) is 21.4. The maximum atomic E-state index is 12.7. The summed E-state index contributed by atoms with van der Waals surface area (Å²) in [4.78, 5) is 29.5. The van der Waals surface area contributed by atoms with Crippen LogP contribution in [0.5, 0.6) is 0 Å². The summed E-state index contributed by atoms with van der Waals surface area (Å²) in [5.41, 5.74) is 2.18. The van der Waals surface area contributed by atoms with Crippen LogP contribution in [-0.4, -0.2) is 45.4 Å². The Morgan fingerprint density at radius 3 is 2.74 bits per heavy atom. The Balaban J connectivity index is 1.89. The smallest absolute Gasteiger partial charge is 0.336 e. The average Bonchev–Trinajstić information content (AvgIpc) is 3.22. The first-order chi connectivity index (χ1) is 16.7. The molecule has 0 aromatic carbocycles. The van der Waals surface area contributed by atoms with E-state index in [0.717, 1.165) is 6.42 Å².